The number of hydrogen-bond donors (Lipinski definition) is 1. The maximum Gasteiger partial charge on any atom is 0.357 e. The fourth-order valence-electron chi connectivity index (χ4n) is 2.58. The minimum Gasteiger partial charge on any atom is -0.368 e. The molecule has 26 heavy (non-hydrogen) atoms. The quantitative estimate of drug-likeness (QED) is 0.363. The van der Waals surface area contributed by atoms with E-state index < -0.39 is 18.3 Å². The number of hydrogen-bond acceptors (Lipinski definition) is 6. The van der Waals surface area contributed by atoms with Crippen LogP contribution in [0, 0.1) is 17.0 Å². The van der Waals surface area contributed by atoms with E-state index in [2.05, 4.69) is 5.32 Å². The molecule has 0 spiro atoms. The molecule has 0 radical (unpaired) electrons. The molecule has 8 heteroatoms. The summed E-state index contributed by atoms with van der Waals surface area (Å²) in [6, 6.07) is 13.9. The van der Waals surface area contributed by atoms with Gasteiger partial charge < -0.3 is 14.4 Å². The first-order valence-electron chi connectivity index (χ1n) is 8.36. The third kappa shape index (κ3) is 4.69. The van der Waals surface area contributed by atoms with E-state index in [1.165, 1.54) is 6.07 Å². The lowest BCUT2D eigenvalue weighted by Gasteiger charge is -2.28. The van der Waals surface area contributed by atoms with E-state index in [1.807, 2.05) is 30.3 Å². The summed E-state index contributed by atoms with van der Waals surface area (Å²) in [5, 5.41) is 14.3. The van der Waals surface area contributed by atoms with Gasteiger partial charge in [-0.3, -0.25) is 14.7 Å². The van der Waals surface area contributed by atoms with Crippen molar-refractivity contribution >= 4 is 19.0 Å². The lowest BCUT2D eigenvalue weighted by Crippen LogP contribution is -2.15. The van der Waals surface area contributed by atoms with E-state index in [0.29, 0.717) is 16.8 Å². The number of benzene rings is 2. The summed E-state index contributed by atoms with van der Waals surface area (Å²) in [7, 11) is -3.55. The van der Waals surface area contributed by atoms with Crippen molar-refractivity contribution in [1.82, 2.24) is 0 Å². The average molecular weight is 378 g/mol. The predicted molar refractivity (Wildman–Crippen MR) is 101 cm³/mol. The molecule has 140 valence electrons. The van der Waals surface area contributed by atoms with Crippen molar-refractivity contribution in [3.63, 3.8) is 0 Å². The van der Waals surface area contributed by atoms with Crippen LogP contribution in [0.25, 0.3) is 0 Å². The Kier molecular flexibility index (Phi) is 6.91. The summed E-state index contributed by atoms with van der Waals surface area (Å²) in [4.78, 5) is 10.8. The Hall–Kier alpha value is -2.21. The fourth-order valence-corrected chi connectivity index (χ4v) is 4.52. The van der Waals surface area contributed by atoms with Crippen molar-refractivity contribution in [2.24, 2.45) is 0 Å². The molecule has 0 heterocycles. The molecule has 2 aromatic rings. The van der Waals surface area contributed by atoms with Crippen molar-refractivity contribution < 1.29 is 18.5 Å². The predicted octanol–water partition coefficient (Wildman–Crippen LogP) is 5.28. The average Bonchev–Trinajstić information content (AvgIpc) is 2.61. The molecular weight excluding hydrogens is 355 g/mol. The molecule has 0 bridgehead atoms. The first-order valence-corrected chi connectivity index (χ1v) is 9.97. The van der Waals surface area contributed by atoms with E-state index in [-0.39, 0.29) is 18.9 Å². The topological polar surface area (TPSA) is 90.7 Å². The number of nitro groups is 1. The molecule has 0 fully saturated rings. The van der Waals surface area contributed by atoms with Crippen LogP contribution in [-0.2, 0) is 13.6 Å². The van der Waals surface area contributed by atoms with Gasteiger partial charge in [-0.25, -0.2) is 0 Å². The van der Waals surface area contributed by atoms with Crippen molar-refractivity contribution in [2.75, 3.05) is 18.5 Å². The van der Waals surface area contributed by atoms with Crippen LogP contribution in [0.2, 0.25) is 0 Å². The molecule has 0 aliphatic rings. The largest absolute Gasteiger partial charge is 0.368 e. The lowest BCUT2D eigenvalue weighted by molar-refractivity contribution is -0.385. The Morgan fingerprint density at radius 1 is 1.12 bits per heavy atom. The van der Waals surface area contributed by atoms with Crippen LogP contribution in [-0.4, -0.2) is 18.1 Å². The van der Waals surface area contributed by atoms with Crippen molar-refractivity contribution in [3.05, 3.63) is 69.8 Å². The second-order valence-corrected chi connectivity index (χ2v) is 7.70. The maximum absolute atomic E-state index is 13.4. The molecule has 1 N–H and O–H groups in total. The highest BCUT2D eigenvalue weighted by Crippen LogP contribution is 2.60. The minimum absolute atomic E-state index is 0.00976. The van der Waals surface area contributed by atoms with Gasteiger partial charge in [0, 0.05) is 17.3 Å². The third-order valence-corrected chi connectivity index (χ3v) is 6.05. The van der Waals surface area contributed by atoms with Gasteiger partial charge in [0.2, 0.25) is 0 Å². The lowest BCUT2D eigenvalue weighted by atomic mass is 10.1. The third-order valence-electron chi connectivity index (χ3n) is 3.76. The molecule has 0 saturated heterocycles. The number of nitrogens with one attached hydrogen (secondary N) is 1. The Bertz CT molecular complexity index is 787. The van der Waals surface area contributed by atoms with E-state index in [9.17, 15) is 14.7 Å². The summed E-state index contributed by atoms with van der Waals surface area (Å²) in [6.45, 7) is 5.59. The van der Waals surface area contributed by atoms with Gasteiger partial charge in [-0.1, -0.05) is 36.4 Å². The zero-order valence-corrected chi connectivity index (χ0v) is 15.9. The number of aryl methyl sites for hydroxylation is 1. The van der Waals surface area contributed by atoms with Gasteiger partial charge >= 0.3 is 7.60 Å². The van der Waals surface area contributed by atoms with Crippen LogP contribution in [0.1, 0.15) is 30.8 Å². The number of nitro benzene ring substituents is 1. The van der Waals surface area contributed by atoms with Crippen LogP contribution >= 0.6 is 7.60 Å². The molecule has 0 amide bonds. The molecule has 0 saturated carbocycles. The van der Waals surface area contributed by atoms with Crippen LogP contribution in [0.5, 0.6) is 0 Å². The van der Waals surface area contributed by atoms with Crippen LogP contribution in [0.4, 0.5) is 11.4 Å². The monoisotopic (exact) mass is 378 g/mol. The van der Waals surface area contributed by atoms with Crippen LogP contribution in [0.15, 0.2) is 48.5 Å². The summed E-state index contributed by atoms with van der Waals surface area (Å²) in [6.07, 6.45) is 0. The molecule has 2 rings (SSSR count). The number of nitrogens with zero attached hydrogens (tertiary/aromatic N) is 1. The first kappa shape index (κ1) is 20.1. The second-order valence-electron chi connectivity index (χ2n) is 5.59. The van der Waals surface area contributed by atoms with Crippen LogP contribution < -0.4 is 5.32 Å². The summed E-state index contributed by atoms with van der Waals surface area (Å²) in [5.74, 6) is -0.786. The summed E-state index contributed by atoms with van der Waals surface area (Å²) in [5.41, 5.74) is 1.72. The molecule has 7 nitrogen and oxygen atoms in total. The fraction of sp³-hybridized carbons (Fsp3) is 0.333. The van der Waals surface area contributed by atoms with E-state index in [1.54, 1.807) is 32.9 Å². The van der Waals surface area contributed by atoms with Gasteiger partial charge in [0.25, 0.3) is 5.69 Å². The highest BCUT2D eigenvalue weighted by atomic mass is 31.2. The van der Waals surface area contributed by atoms with E-state index >= 15 is 0 Å². The van der Waals surface area contributed by atoms with Crippen LogP contribution in [0.3, 0.4) is 0 Å². The first-order chi connectivity index (χ1) is 12.4. The van der Waals surface area contributed by atoms with E-state index in [0.717, 1.165) is 0 Å². The molecular formula is C18H23N2O5P. The van der Waals surface area contributed by atoms with Gasteiger partial charge in [-0.05, 0) is 32.4 Å². The van der Waals surface area contributed by atoms with Gasteiger partial charge in [-0.2, -0.15) is 0 Å². The van der Waals surface area contributed by atoms with Crippen molar-refractivity contribution in [2.45, 2.75) is 26.6 Å². The Morgan fingerprint density at radius 3 is 2.27 bits per heavy atom. The molecule has 0 aromatic heterocycles. The normalized spacial score (nSPS) is 12.6. The highest BCUT2D eigenvalue weighted by Gasteiger charge is 2.37. The molecule has 1 atom stereocenters. The zero-order valence-electron chi connectivity index (χ0n) is 15.0. The molecule has 1 unspecified atom stereocenters. The Morgan fingerprint density at radius 2 is 1.73 bits per heavy atom. The van der Waals surface area contributed by atoms with Gasteiger partial charge in [0.15, 0.2) is 5.78 Å². The van der Waals surface area contributed by atoms with Gasteiger partial charge in [0.1, 0.15) is 0 Å². The SMILES string of the molecule is CCOP(=O)(OCC)C(Nc1ccc(C)c([N+](=O)[O-])c1)c1ccccc1. The standard InChI is InChI=1S/C18H23N2O5P/c1-4-24-26(23,25-5-2)18(15-9-7-6-8-10-15)19-16-12-11-14(3)17(13-16)20(21)22/h6-13,18-19H,4-5H2,1-3H3. The number of rotatable bonds is 9. The molecule has 0 aliphatic carbocycles. The van der Waals surface area contributed by atoms with Gasteiger partial charge in [0.05, 0.1) is 18.1 Å². The van der Waals surface area contributed by atoms with E-state index in [4.69, 9.17) is 9.05 Å². The smallest absolute Gasteiger partial charge is 0.357 e. The van der Waals surface area contributed by atoms with Gasteiger partial charge in [-0.15, -0.1) is 0 Å². The highest BCUT2D eigenvalue weighted by molar-refractivity contribution is 7.54. The van der Waals surface area contributed by atoms with Crippen molar-refractivity contribution in [3.8, 4) is 0 Å². The Labute approximate surface area is 153 Å². The Balaban J connectivity index is 2.47. The zero-order chi connectivity index (χ0) is 19.2. The van der Waals surface area contributed by atoms with Crippen molar-refractivity contribution in [1.29, 1.82) is 0 Å². The summed E-state index contributed by atoms with van der Waals surface area (Å²) < 4.78 is 24.4. The molecule has 0 aliphatic heterocycles. The summed E-state index contributed by atoms with van der Waals surface area (Å²) >= 11 is 0. The minimum atomic E-state index is -3.55. The maximum atomic E-state index is 13.4. The second kappa shape index (κ2) is 8.94. The number of anilines is 1. The molecule has 2 aromatic carbocycles.